The van der Waals surface area contributed by atoms with E-state index in [1.807, 2.05) is 44.2 Å². The highest BCUT2D eigenvalue weighted by Crippen LogP contribution is 2.37. The number of ketones is 3. The van der Waals surface area contributed by atoms with Gasteiger partial charge in [0.15, 0.2) is 5.78 Å². The number of nitrogens with zero attached hydrogens (tertiary/aromatic N) is 1. The number of ether oxygens (including phenoxy) is 10. The molecule has 3 heterocycles. The lowest BCUT2D eigenvalue weighted by Crippen LogP contribution is -2.61. The molecule has 0 unspecified atom stereocenters. The summed E-state index contributed by atoms with van der Waals surface area (Å²) in [7, 11) is 3.07. The highest BCUT2D eigenvalue weighted by atomic mass is 16.6. The van der Waals surface area contributed by atoms with Gasteiger partial charge >= 0.3 is 12.1 Å². The monoisotopic (exact) mass is 1210 g/mol. The maximum atomic E-state index is 14.6. The van der Waals surface area contributed by atoms with Gasteiger partial charge in [-0.1, -0.05) is 71.1 Å². The van der Waals surface area contributed by atoms with Crippen LogP contribution in [0.3, 0.4) is 0 Å². The second-order valence-corrected chi connectivity index (χ2v) is 23.4. The molecule has 4 rings (SSSR count). The summed E-state index contributed by atoms with van der Waals surface area (Å²) in [5.74, 6) is -9.14. The molecule has 4 aliphatic rings. The second-order valence-electron chi connectivity index (χ2n) is 23.4. The van der Waals surface area contributed by atoms with Gasteiger partial charge in [-0.3, -0.25) is 19.2 Å². The number of nitrogens with one attached hydrogen (secondary N) is 1. The lowest BCUT2D eigenvalue weighted by molar-refractivity contribution is -0.265. The van der Waals surface area contributed by atoms with Crippen LogP contribution < -0.4 is 11.1 Å². The third kappa shape index (κ3) is 24.3. The third-order valence-corrected chi connectivity index (χ3v) is 16.6. The molecule has 2 amide bonds. The highest BCUT2D eigenvalue weighted by molar-refractivity contribution is 6.39. The fourth-order valence-electron chi connectivity index (χ4n) is 11.3. The Bertz CT molecular complexity index is 2190. The van der Waals surface area contributed by atoms with Gasteiger partial charge in [-0.15, -0.1) is 0 Å². The normalized spacial score (nSPS) is 33.6. The van der Waals surface area contributed by atoms with Crippen molar-refractivity contribution in [1.29, 1.82) is 0 Å². The zero-order valence-electron chi connectivity index (χ0n) is 52.1. The highest BCUT2D eigenvalue weighted by Gasteiger charge is 2.53. The second kappa shape index (κ2) is 38.9. The van der Waals surface area contributed by atoms with Crippen LogP contribution in [0.2, 0.25) is 0 Å². The summed E-state index contributed by atoms with van der Waals surface area (Å²) in [4.78, 5) is 85.0. The molecule has 2 saturated heterocycles. The number of piperidine rings is 1. The minimum Gasteiger partial charge on any atom is -0.459 e. The molecule has 0 aromatic carbocycles. The van der Waals surface area contributed by atoms with Gasteiger partial charge in [0.2, 0.25) is 5.79 Å². The van der Waals surface area contributed by atoms with E-state index in [4.69, 9.17) is 53.1 Å². The van der Waals surface area contributed by atoms with Gasteiger partial charge in [0.25, 0.3) is 11.7 Å². The van der Waals surface area contributed by atoms with E-state index >= 15 is 0 Å². The van der Waals surface area contributed by atoms with Crippen LogP contribution in [0.4, 0.5) is 4.79 Å². The number of allylic oxidation sites excluding steroid dienone is 6. The first kappa shape index (κ1) is 73.2. The van der Waals surface area contributed by atoms with E-state index in [1.165, 1.54) is 20.1 Å². The molecular weight excluding hydrogens is 1100 g/mol. The van der Waals surface area contributed by atoms with Gasteiger partial charge in [-0.25, -0.2) is 9.59 Å². The quantitative estimate of drug-likeness (QED) is 0.0368. The minimum absolute atomic E-state index is 0.0117. The number of amides is 2. The topological polar surface area (TPSA) is 297 Å². The number of methoxy groups -OCH3 is 2. The molecule has 2 bridgehead atoms. The number of aliphatic hydroxyl groups is 3. The maximum Gasteiger partial charge on any atom is 0.407 e. The van der Waals surface area contributed by atoms with Gasteiger partial charge in [-0.2, -0.15) is 0 Å². The van der Waals surface area contributed by atoms with Crippen LogP contribution in [0.1, 0.15) is 132 Å². The molecule has 3 aliphatic heterocycles. The zero-order chi connectivity index (χ0) is 62.5. The van der Waals surface area contributed by atoms with Crippen molar-refractivity contribution in [2.45, 2.75) is 193 Å². The number of nitrogens with two attached hydrogens (primary N) is 1. The molecular formula is C63H103N3O19. The van der Waals surface area contributed by atoms with Crippen molar-refractivity contribution < 1.29 is 91.5 Å². The molecule has 22 heteroatoms. The van der Waals surface area contributed by atoms with Gasteiger partial charge in [0, 0.05) is 70.6 Å². The molecule has 1 aliphatic carbocycles. The first-order valence-electron chi connectivity index (χ1n) is 30.9. The molecule has 6 N–H and O–H groups in total. The molecule has 0 spiro atoms. The van der Waals surface area contributed by atoms with E-state index in [9.17, 15) is 44.1 Å². The maximum absolute atomic E-state index is 14.6. The van der Waals surface area contributed by atoms with Crippen LogP contribution in [0, 0.1) is 29.6 Å². The number of alkyl carbamates (subject to hydrolysis) is 1. The summed E-state index contributed by atoms with van der Waals surface area (Å²) < 4.78 is 57.3. The zero-order valence-corrected chi connectivity index (χ0v) is 52.1. The molecule has 85 heavy (non-hydrogen) atoms. The van der Waals surface area contributed by atoms with Gasteiger partial charge in [0.1, 0.15) is 36.2 Å². The number of aliphatic hydroxyl groups excluding tert-OH is 2. The average Bonchev–Trinajstić information content (AvgIpc) is 3.55. The van der Waals surface area contributed by atoms with Crippen LogP contribution >= 0.6 is 0 Å². The molecule has 1 saturated carbocycles. The number of rotatable bonds is 23. The Kier molecular flexibility index (Phi) is 33.5. The van der Waals surface area contributed by atoms with Crippen LogP contribution in [-0.4, -0.2) is 210 Å². The van der Waals surface area contributed by atoms with Crippen molar-refractivity contribution in [2.24, 2.45) is 35.3 Å². The molecule has 0 aromatic heterocycles. The van der Waals surface area contributed by atoms with Crippen molar-refractivity contribution >= 4 is 35.3 Å². The van der Waals surface area contributed by atoms with Crippen molar-refractivity contribution in [1.82, 2.24) is 10.2 Å². The largest absolute Gasteiger partial charge is 0.459 e. The van der Waals surface area contributed by atoms with Gasteiger partial charge < -0.3 is 78.6 Å². The van der Waals surface area contributed by atoms with E-state index in [1.54, 1.807) is 27.9 Å². The smallest absolute Gasteiger partial charge is 0.407 e. The Labute approximate surface area is 504 Å². The van der Waals surface area contributed by atoms with Gasteiger partial charge in [0.05, 0.1) is 77.8 Å². The molecule has 0 aromatic rings. The van der Waals surface area contributed by atoms with Crippen LogP contribution in [-0.2, 0) is 71.3 Å². The molecule has 15 atom stereocenters. The number of fused-ring (bicyclic) bond motifs is 3. The number of carbonyl (C=O) groups is 6. The summed E-state index contributed by atoms with van der Waals surface area (Å²) in [6.45, 7) is 17.0. The average molecular weight is 1210 g/mol. The van der Waals surface area contributed by atoms with E-state index in [2.05, 4.69) is 12.2 Å². The molecule has 0 radical (unpaired) electrons. The number of hydrogen-bond donors (Lipinski definition) is 5. The van der Waals surface area contributed by atoms with E-state index in [-0.39, 0.29) is 62.8 Å². The number of esters is 1. The van der Waals surface area contributed by atoms with Crippen molar-refractivity contribution in [3.8, 4) is 0 Å². The van der Waals surface area contributed by atoms with Crippen LogP contribution in [0.25, 0.3) is 0 Å². The van der Waals surface area contributed by atoms with Crippen molar-refractivity contribution in [2.75, 3.05) is 93.4 Å². The Morgan fingerprint density at radius 2 is 1.41 bits per heavy atom. The first-order chi connectivity index (χ1) is 40.6. The van der Waals surface area contributed by atoms with E-state index in [0.717, 1.165) is 23.5 Å². The molecule has 22 nitrogen and oxygen atoms in total. The fraction of sp³-hybridized carbons (Fsp3) is 0.778. The van der Waals surface area contributed by atoms with E-state index < -0.39 is 114 Å². The predicted octanol–water partition coefficient (Wildman–Crippen LogP) is 5.44. The number of cyclic esters (lactones) is 1. The SMILES string of the molecule is CCCOCCOCCOCCOCCOCCNC(=O)O[C@@H]1CC[C@@H](C[C@@H](N)[C@@H]2CC(=O)[C@H](C)/C=C(\C)[C@@H](O)[C@@H](O)C(=O)[C@H](C)C[C@H](C)/C=C/C=C/C=C(\C)[C@@H](OC)C[C@@H]3CC[C@@H](C)[C@@](O)(O3)C(=O)C(=O)N3CCCC[C@H]3C(=O)O2)C[C@H]1OC. The summed E-state index contributed by atoms with van der Waals surface area (Å²) in [6.07, 6.45) is 8.12. The number of carbonyl (C=O) groups excluding carboxylic acids is 6. The molecule has 3 fully saturated rings. The Morgan fingerprint density at radius 1 is 0.765 bits per heavy atom. The minimum atomic E-state index is -2.49. The Hall–Kier alpha value is -4.30. The van der Waals surface area contributed by atoms with Crippen molar-refractivity contribution in [3.63, 3.8) is 0 Å². The molecule has 484 valence electrons. The predicted molar refractivity (Wildman–Crippen MR) is 316 cm³/mol. The van der Waals surface area contributed by atoms with Gasteiger partial charge in [-0.05, 0) is 107 Å². The summed E-state index contributed by atoms with van der Waals surface area (Å²) in [5.41, 5.74) is 8.00. The van der Waals surface area contributed by atoms with Crippen molar-refractivity contribution in [3.05, 3.63) is 47.6 Å². The lowest BCUT2D eigenvalue weighted by Gasteiger charge is -2.42. The Morgan fingerprint density at radius 3 is 2.05 bits per heavy atom. The van der Waals surface area contributed by atoms with E-state index in [0.29, 0.717) is 104 Å². The first-order valence-corrected chi connectivity index (χ1v) is 30.9. The third-order valence-electron chi connectivity index (χ3n) is 16.6. The summed E-state index contributed by atoms with van der Waals surface area (Å²) in [5, 5.41) is 37.1. The summed E-state index contributed by atoms with van der Waals surface area (Å²) >= 11 is 0. The Balaban J connectivity index is 1.45. The number of Topliss-reactive ketones (excluding diaryl/α,β-unsaturated/α-hetero) is 3. The fourth-order valence-corrected chi connectivity index (χ4v) is 11.3. The summed E-state index contributed by atoms with van der Waals surface area (Å²) in [6, 6.07) is -2.21. The lowest BCUT2D eigenvalue weighted by atomic mass is 9.80. The van der Waals surface area contributed by atoms with Crippen LogP contribution in [0.5, 0.6) is 0 Å². The van der Waals surface area contributed by atoms with Crippen LogP contribution in [0.15, 0.2) is 47.6 Å². The standard InChI is InChI=1S/C63H103N3O19/c1-10-25-78-27-29-80-31-33-82-34-32-81-30-28-79-26-23-65-62(74)84-52-22-20-47(38-55(52)77-9)37-49(64)54-40-51(67)43(4)36-45(6)57(69)58(70)56(68)44(5)35-41(2)16-12-11-13-17-42(3)53(76-8)39-48-21-19-46(7)63(75,85-48)59(71)60(72)66-24-15-14-18-50(66)61(73)83-54/h11-13,16-17,36,41,43-44,46-50,52-55,57-58,69-70,75H,10,14-15,18-35,37-40,64H2,1-9H3,(H,65,74)/b13-11+,16-12+,42-17+,45-36+/t41-,43-,44-,46-,47+,48+,49-,50+,52-,53+,54+,55-,57-,58+,63-/m1/s1. The number of hydrogen-bond acceptors (Lipinski definition) is 20.